The molecule has 1 amide bonds. The first-order valence-electron chi connectivity index (χ1n) is 10.8. The maximum Gasteiger partial charge on any atom is 0.573 e. The average molecular weight is 462 g/mol. The molecule has 1 aliphatic heterocycles. The number of rotatable bonds is 7. The number of alkyl halides is 3. The Morgan fingerprint density at radius 3 is 2.61 bits per heavy atom. The van der Waals surface area contributed by atoms with Crippen LogP contribution in [0.15, 0.2) is 36.7 Å². The fourth-order valence-corrected chi connectivity index (χ4v) is 4.15. The van der Waals surface area contributed by atoms with E-state index >= 15 is 0 Å². The van der Waals surface area contributed by atoms with E-state index in [1.165, 1.54) is 12.1 Å². The van der Waals surface area contributed by atoms with Gasteiger partial charge in [-0.25, -0.2) is 9.97 Å². The molecule has 1 N–H and O–H groups in total. The summed E-state index contributed by atoms with van der Waals surface area (Å²) in [6.07, 6.45) is 2.18. The molecule has 3 aromatic rings. The van der Waals surface area contributed by atoms with Crippen molar-refractivity contribution in [3.63, 3.8) is 0 Å². The Hall–Kier alpha value is -3.14. The normalized spacial score (nSPS) is 15.2. The number of aromatic nitrogens is 3. The molecular weight excluding hydrogens is 437 g/mol. The number of ether oxygens (including phenoxy) is 2. The first kappa shape index (κ1) is 23.0. The zero-order valence-electron chi connectivity index (χ0n) is 18.2. The van der Waals surface area contributed by atoms with E-state index in [0.717, 1.165) is 60.2 Å². The summed E-state index contributed by atoms with van der Waals surface area (Å²) in [5.41, 5.74) is 3.98. The van der Waals surface area contributed by atoms with Crippen molar-refractivity contribution >= 4 is 17.1 Å². The van der Waals surface area contributed by atoms with Gasteiger partial charge in [0.05, 0.1) is 11.9 Å². The minimum atomic E-state index is -4.76. The van der Waals surface area contributed by atoms with Gasteiger partial charge in [0.15, 0.2) is 5.65 Å². The summed E-state index contributed by atoms with van der Waals surface area (Å²) < 4.78 is 45.9. The predicted molar refractivity (Wildman–Crippen MR) is 115 cm³/mol. The molecular formula is C23H25F3N4O3. The summed E-state index contributed by atoms with van der Waals surface area (Å²) in [5, 5.41) is 0. The quantitative estimate of drug-likeness (QED) is 0.525. The van der Waals surface area contributed by atoms with Crippen LogP contribution in [-0.4, -0.2) is 58.9 Å². The summed E-state index contributed by atoms with van der Waals surface area (Å²) in [7, 11) is 1.67. The molecule has 0 saturated carbocycles. The number of carbonyl (C=O) groups excluding carboxylic acids is 1. The first-order chi connectivity index (χ1) is 15.8. The van der Waals surface area contributed by atoms with Gasteiger partial charge in [0.1, 0.15) is 11.3 Å². The highest BCUT2D eigenvalue weighted by Gasteiger charge is 2.31. The minimum absolute atomic E-state index is 0.203. The lowest BCUT2D eigenvalue weighted by Crippen LogP contribution is -2.37. The molecule has 1 saturated heterocycles. The number of methoxy groups -OCH3 is 1. The Balaban J connectivity index is 1.39. The second-order valence-electron chi connectivity index (χ2n) is 8.04. The van der Waals surface area contributed by atoms with Crippen LogP contribution in [0.2, 0.25) is 0 Å². The largest absolute Gasteiger partial charge is 0.573 e. The van der Waals surface area contributed by atoms with E-state index in [9.17, 15) is 18.0 Å². The standard InChI is InChI=1S/C23H25F3N4O3/c1-32-12-2-3-17-13-27-21-20(29-17)19(14-28-21)15-8-10-30(11-9-15)22(31)16-4-6-18(7-5-16)33-23(24,25)26/h4-7,13-15H,2-3,8-12H2,1H3,(H,27,28). The van der Waals surface area contributed by atoms with E-state index in [1.807, 2.05) is 6.20 Å². The van der Waals surface area contributed by atoms with Crippen molar-refractivity contribution in [3.8, 4) is 5.75 Å². The second kappa shape index (κ2) is 9.78. The Kier molecular flexibility index (Phi) is 6.83. The van der Waals surface area contributed by atoms with Crippen molar-refractivity contribution in [1.29, 1.82) is 0 Å². The molecule has 33 heavy (non-hydrogen) atoms. The van der Waals surface area contributed by atoms with E-state index in [1.54, 1.807) is 18.2 Å². The molecule has 3 heterocycles. The molecule has 10 heteroatoms. The molecule has 2 aromatic heterocycles. The lowest BCUT2D eigenvalue weighted by atomic mass is 9.90. The van der Waals surface area contributed by atoms with Gasteiger partial charge in [0.25, 0.3) is 5.91 Å². The number of hydrogen-bond acceptors (Lipinski definition) is 5. The average Bonchev–Trinajstić information content (AvgIpc) is 3.22. The number of nitrogens with one attached hydrogen (secondary N) is 1. The maximum absolute atomic E-state index is 12.8. The SMILES string of the molecule is COCCCc1cnc2[nH]cc(C3CCN(C(=O)c4ccc(OC(F)(F)F)cc4)CC3)c2n1. The smallest absolute Gasteiger partial charge is 0.406 e. The molecule has 176 valence electrons. The maximum atomic E-state index is 12.8. The highest BCUT2D eigenvalue weighted by atomic mass is 19.4. The van der Waals surface area contributed by atoms with Gasteiger partial charge in [-0.05, 0) is 55.9 Å². The fourth-order valence-electron chi connectivity index (χ4n) is 4.15. The molecule has 0 spiro atoms. The molecule has 0 atom stereocenters. The number of fused-ring (bicyclic) bond motifs is 1. The molecule has 7 nitrogen and oxygen atoms in total. The summed E-state index contributed by atoms with van der Waals surface area (Å²) >= 11 is 0. The highest BCUT2D eigenvalue weighted by Crippen LogP contribution is 2.32. The summed E-state index contributed by atoms with van der Waals surface area (Å²) in [6.45, 7) is 1.78. The number of aryl methyl sites for hydroxylation is 1. The van der Waals surface area contributed by atoms with Crippen LogP contribution in [0, 0.1) is 0 Å². The Morgan fingerprint density at radius 2 is 1.94 bits per heavy atom. The van der Waals surface area contributed by atoms with Gasteiger partial charge in [0.2, 0.25) is 0 Å². The zero-order chi connectivity index (χ0) is 23.4. The van der Waals surface area contributed by atoms with Crippen LogP contribution in [-0.2, 0) is 11.2 Å². The lowest BCUT2D eigenvalue weighted by Gasteiger charge is -2.32. The summed E-state index contributed by atoms with van der Waals surface area (Å²) in [5.74, 6) is -0.306. The van der Waals surface area contributed by atoms with Crippen molar-refractivity contribution in [3.05, 3.63) is 53.5 Å². The van der Waals surface area contributed by atoms with E-state index in [2.05, 4.69) is 14.7 Å². The van der Waals surface area contributed by atoms with Gasteiger partial charge >= 0.3 is 6.36 Å². The second-order valence-corrected chi connectivity index (χ2v) is 8.04. The number of carbonyl (C=O) groups is 1. The van der Waals surface area contributed by atoms with Crippen molar-refractivity contribution < 1.29 is 27.4 Å². The van der Waals surface area contributed by atoms with Crippen molar-refractivity contribution in [2.24, 2.45) is 0 Å². The topological polar surface area (TPSA) is 80.3 Å². The molecule has 0 unspecified atom stereocenters. The van der Waals surface area contributed by atoms with Gasteiger partial charge in [0, 0.05) is 44.1 Å². The monoisotopic (exact) mass is 462 g/mol. The molecule has 0 bridgehead atoms. The number of H-pyrrole nitrogens is 1. The molecule has 1 aliphatic rings. The van der Waals surface area contributed by atoms with Gasteiger partial charge < -0.3 is 19.4 Å². The van der Waals surface area contributed by atoms with Gasteiger partial charge in [-0.2, -0.15) is 0 Å². The Morgan fingerprint density at radius 1 is 1.21 bits per heavy atom. The molecule has 0 aliphatic carbocycles. The lowest BCUT2D eigenvalue weighted by molar-refractivity contribution is -0.274. The fraction of sp³-hybridized carbons (Fsp3) is 0.435. The first-order valence-corrected chi connectivity index (χ1v) is 10.8. The van der Waals surface area contributed by atoms with Gasteiger partial charge in [-0.15, -0.1) is 13.2 Å². The van der Waals surface area contributed by atoms with Gasteiger partial charge in [-0.3, -0.25) is 4.79 Å². The van der Waals surface area contributed by atoms with Crippen LogP contribution in [0.1, 0.15) is 46.8 Å². The van der Waals surface area contributed by atoms with Crippen LogP contribution >= 0.6 is 0 Å². The Labute approximate surface area is 188 Å². The third kappa shape index (κ3) is 5.62. The number of likely N-dealkylation sites (tertiary alicyclic amines) is 1. The van der Waals surface area contributed by atoms with Crippen LogP contribution in [0.25, 0.3) is 11.2 Å². The van der Waals surface area contributed by atoms with E-state index in [-0.39, 0.29) is 17.6 Å². The van der Waals surface area contributed by atoms with Gasteiger partial charge in [-0.1, -0.05) is 0 Å². The van der Waals surface area contributed by atoms with E-state index < -0.39 is 6.36 Å². The van der Waals surface area contributed by atoms with Crippen molar-refractivity contribution in [1.82, 2.24) is 19.9 Å². The number of nitrogens with zero attached hydrogens (tertiary/aromatic N) is 3. The number of benzene rings is 1. The van der Waals surface area contributed by atoms with Crippen molar-refractivity contribution in [2.75, 3.05) is 26.8 Å². The van der Waals surface area contributed by atoms with Crippen LogP contribution in [0.4, 0.5) is 13.2 Å². The summed E-state index contributed by atoms with van der Waals surface area (Å²) in [6, 6.07) is 5.02. The Bertz CT molecular complexity index is 1090. The van der Waals surface area contributed by atoms with E-state index in [0.29, 0.717) is 25.3 Å². The number of aromatic amines is 1. The number of halogens is 3. The molecule has 1 fully saturated rings. The molecule has 0 radical (unpaired) electrons. The minimum Gasteiger partial charge on any atom is -0.406 e. The number of piperidine rings is 1. The van der Waals surface area contributed by atoms with Crippen LogP contribution in [0.3, 0.4) is 0 Å². The molecule has 1 aromatic carbocycles. The third-order valence-corrected chi connectivity index (χ3v) is 5.80. The number of hydrogen-bond donors (Lipinski definition) is 1. The summed E-state index contributed by atoms with van der Waals surface area (Å²) in [4.78, 5) is 27.0. The highest BCUT2D eigenvalue weighted by molar-refractivity contribution is 5.94. The number of amides is 1. The van der Waals surface area contributed by atoms with E-state index in [4.69, 9.17) is 9.72 Å². The zero-order valence-corrected chi connectivity index (χ0v) is 18.2. The van der Waals surface area contributed by atoms with Crippen LogP contribution < -0.4 is 4.74 Å². The van der Waals surface area contributed by atoms with Crippen molar-refractivity contribution in [2.45, 2.75) is 38.0 Å². The predicted octanol–water partition coefficient (Wildman–Crippen LogP) is 4.46. The van der Waals surface area contributed by atoms with Crippen LogP contribution in [0.5, 0.6) is 5.75 Å². The third-order valence-electron chi connectivity index (χ3n) is 5.80. The molecule has 4 rings (SSSR count).